The fourth-order valence-corrected chi connectivity index (χ4v) is 1.23. The largest absolute Gasteiger partial charge is 0.390 e. The molecule has 12 heavy (non-hydrogen) atoms. The predicted octanol–water partition coefficient (Wildman–Crippen LogP) is 0.934. The van der Waals surface area contributed by atoms with Crippen LogP contribution in [0.3, 0.4) is 0 Å². The molecule has 0 spiro atoms. The molecule has 0 saturated heterocycles. The summed E-state index contributed by atoms with van der Waals surface area (Å²) in [6.45, 7) is 0. The molecule has 0 atom stereocenters. The summed E-state index contributed by atoms with van der Waals surface area (Å²) in [6.07, 6.45) is 8.78. The van der Waals surface area contributed by atoms with E-state index in [1.807, 2.05) is 0 Å². The Morgan fingerprint density at radius 2 is 2.00 bits per heavy atom. The highest BCUT2D eigenvalue weighted by Gasteiger charge is 2.39. The van der Waals surface area contributed by atoms with Gasteiger partial charge in [-0.05, 0) is 31.2 Å². The monoisotopic (exact) mass is 164 g/mol. The Morgan fingerprint density at radius 3 is 2.58 bits per heavy atom. The molecule has 64 valence electrons. The molecule has 3 heteroatoms. The van der Waals surface area contributed by atoms with E-state index < -0.39 is 0 Å². The third kappa shape index (κ3) is 1.80. The maximum Gasteiger partial charge on any atom is 0.115 e. The maximum atomic E-state index is 9.55. The van der Waals surface area contributed by atoms with Crippen molar-refractivity contribution in [1.82, 2.24) is 9.97 Å². The molecular formula is C9H12N2O. The molecule has 0 bridgehead atoms. The van der Waals surface area contributed by atoms with Gasteiger partial charge < -0.3 is 5.11 Å². The van der Waals surface area contributed by atoms with Crippen molar-refractivity contribution in [2.24, 2.45) is 0 Å². The van der Waals surface area contributed by atoms with E-state index in [0.29, 0.717) is 0 Å². The fraction of sp³-hybridized carbons (Fsp3) is 0.556. The predicted molar refractivity (Wildman–Crippen MR) is 44.5 cm³/mol. The molecule has 1 saturated carbocycles. The van der Waals surface area contributed by atoms with Crippen LogP contribution in [0.25, 0.3) is 0 Å². The van der Waals surface area contributed by atoms with E-state index in [1.54, 1.807) is 12.4 Å². The molecule has 1 fully saturated rings. The second-order valence-corrected chi connectivity index (χ2v) is 3.47. The van der Waals surface area contributed by atoms with Crippen molar-refractivity contribution in [3.63, 3.8) is 0 Å². The molecule has 1 N–H and O–H groups in total. The van der Waals surface area contributed by atoms with Gasteiger partial charge in [0.05, 0.1) is 5.60 Å². The number of hydrogen-bond donors (Lipinski definition) is 1. The second kappa shape index (κ2) is 2.83. The van der Waals surface area contributed by atoms with Crippen LogP contribution in [-0.4, -0.2) is 20.7 Å². The van der Waals surface area contributed by atoms with Crippen LogP contribution in [0.2, 0.25) is 0 Å². The Labute approximate surface area is 71.5 Å². The zero-order valence-electron chi connectivity index (χ0n) is 6.90. The van der Waals surface area contributed by atoms with E-state index in [9.17, 15) is 5.11 Å². The van der Waals surface area contributed by atoms with Gasteiger partial charge in [0.25, 0.3) is 0 Å². The second-order valence-electron chi connectivity index (χ2n) is 3.47. The van der Waals surface area contributed by atoms with Gasteiger partial charge in [0.1, 0.15) is 6.33 Å². The minimum absolute atomic E-state index is 0.351. The zero-order valence-corrected chi connectivity index (χ0v) is 6.90. The Morgan fingerprint density at radius 1 is 1.33 bits per heavy atom. The lowest BCUT2D eigenvalue weighted by atomic mass is 10.1. The third-order valence-corrected chi connectivity index (χ3v) is 2.32. The van der Waals surface area contributed by atoms with Gasteiger partial charge >= 0.3 is 0 Å². The summed E-state index contributed by atoms with van der Waals surface area (Å²) in [7, 11) is 0. The van der Waals surface area contributed by atoms with Gasteiger partial charge in [0, 0.05) is 12.4 Å². The van der Waals surface area contributed by atoms with Crippen LogP contribution in [0.15, 0.2) is 18.7 Å². The maximum absolute atomic E-state index is 9.55. The molecule has 0 aromatic carbocycles. The van der Waals surface area contributed by atoms with Gasteiger partial charge in [0.15, 0.2) is 0 Å². The van der Waals surface area contributed by atoms with Gasteiger partial charge in [-0.25, -0.2) is 9.97 Å². The normalized spacial score (nSPS) is 19.1. The Balaban J connectivity index is 1.88. The summed E-state index contributed by atoms with van der Waals surface area (Å²) in [5, 5.41) is 9.55. The Kier molecular flexibility index (Phi) is 1.81. The summed E-state index contributed by atoms with van der Waals surface area (Å²) in [4.78, 5) is 7.83. The van der Waals surface area contributed by atoms with E-state index in [-0.39, 0.29) is 5.60 Å². The molecule has 1 aromatic rings. The molecule has 1 heterocycles. The molecule has 2 rings (SSSR count). The van der Waals surface area contributed by atoms with E-state index in [1.165, 1.54) is 6.33 Å². The van der Waals surface area contributed by atoms with Crippen molar-refractivity contribution in [2.45, 2.75) is 31.3 Å². The lowest BCUT2D eigenvalue weighted by Crippen LogP contribution is -2.07. The smallest absolute Gasteiger partial charge is 0.115 e. The molecule has 1 aromatic heterocycles. The number of rotatable bonds is 3. The van der Waals surface area contributed by atoms with Gasteiger partial charge in [-0.3, -0.25) is 0 Å². The summed E-state index contributed by atoms with van der Waals surface area (Å²) in [5.74, 6) is 0. The average Bonchev–Trinajstić information content (AvgIpc) is 2.84. The van der Waals surface area contributed by atoms with Crippen LogP contribution in [0.4, 0.5) is 0 Å². The number of aromatic nitrogens is 2. The van der Waals surface area contributed by atoms with Crippen molar-refractivity contribution >= 4 is 0 Å². The first-order valence-electron chi connectivity index (χ1n) is 4.25. The molecule has 3 nitrogen and oxygen atoms in total. The van der Waals surface area contributed by atoms with Crippen LogP contribution >= 0.6 is 0 Å². The van der Waals surface area contributed by atoms with Gasteiger partial charge in [0.2, 0.25) is 0 Å². The highest BCUT2D eigenvalue weighted by Crippen LogP contribution is 2.38. The van der Waals surface area contributed by atoms with Gasteiger partial charge in [-0.15, -0.1) is 0 Å². The SMILES string of the molecule is OC1(CCc2cncnc2)CC1. The van der Waals surface area contributed by atoms with Gasteiger partial charge in [-0.1, -0.05) is 0 Å². The summed E-state index contributed by atoms with van der Waals surface area (Å²) in [5.41, 5.74) is 0.758. The number of aliphatic hydroxyl groups is 1. The summed E-state index contributed by atoms with van der Waals surface area (Å²) < 4.78 is 0. The molecule has 0 unspecified atom stereocenters. The van der Waals surface area contributed by atoms with Crippen LogP contribution in [0, 0.1) is 0 Å². The Bertz CT molecular complexity index is 256. The fourth-order valence-electron chi connectivity index (χ4n) is 1.23. The number of nitrogens with zero attached hydrogens (tertiary/aromatic N) is 2. The topological polar surface area (TPSA) is 46.0 Å². The average molecular weight is 164 g/mol. The molecule has 0 amide bonds. The molecule has 1 aliphatic carbocycles. The first-order valence-corrected chi connectivity index (χ1v) is 4.25. The lowest BCUT2D eigenvalue weighted by Gasteiger charge is -2.05. The van der Waals surface area contributed by atoms with Crippen LogP contribution in [0.1, 0.15) is 24.8 Å². The number of aryl methyl sites for hydroxylation is 1. The summed E-state index contributed by atoms with van der Waals surface area (Å²) in [6, 6.07) is 0. The minimum atomic E-state index is -0.351. The van der Waals surface area contributed by atoms with Crippen molar-refractivity contribution in [3.05, 3.63) is 24.3 Å². The number of hydrogen-bond acceptors (Lipinski definition) is 3. The van der Waals surface area contributed by atoms with E-state index in [2.05, 4.69) is 9.97 Å². The lowest BCUT2D eigenvalue weighted by molar-refractivity contribution is 0.140. The standard InChI is InChI=1S/C9H12N2O/c12-9(3-4-9)2-1-8-5-10-7-11-6-8/h5-7,12H,1-4H2. The quantitative estimate of drug-likeness (QED) is 0.723. The summed E-state index contributed by atoms with van der Waals surface area (Å²) >= 11 is 0. The molecular weight excluding hydrogens is 152 g/mol. The van der Waals surface area contributed by atoms with Crippen LogP contribution in [-0.2, 0) is 6.42 Å². The Hall–Kier alpha value is -0.960. The van der Waals surface area contributed by atoms with Crippen molar-refractivity contribution in [2.75, 3.05) is 0 Å². The first-order chi connectivity index (χ1) is 5.79. The highest BCUT2D eigenvalue weighted by molar-refractivity contribution is 5.05. The zero-order chi connectivity index (χ0) is 8.44. The van der Waals surface area contributed by atoms with Crippen molar-refractivity contribution < 1.29 is 5.11 Å². The van der Waals surface area contributed by atoms with Crippen molar-refractivity contribution in [3.8, 4) is 0 Å². The van der Waals surface area contributed by atoms with Crippen LogP contribution < -0.4 is 0 Å². The highest BCUT2D eigenvalue weighted by atomic mass is 16.3. The molecule has 1 aliphatic rings. The van der Waals surface area contributed by atoms with E-state index in [0.717, 1.165) is 31.2 Å². The van der Waals surface area contributed by atoms with Crippen LogP contribution in [0.5, 0.6) is 0 Å². The first kappa shape index (κ1) is 7.68. The molecule has 0 aliphatic heterocycles. The van der Waals surface area contributed by atoms with E-state index in [4.69, 9.17) is 0 Å². The van der Waals surface area contributed by atoms with Gasteiger partial charge in [-0.2, -0.15) is 0 Å². The van der Waals surface area contributed by atoms with Crippen molar-refractivity contribution in [1.29, 1.82) is 0 Å². The van der Waals surface area contributed by atoms with E-state index >= 15 is 0 Å². The molecule has 0 radical (unpaired) electrons. The third-order valence-electron chi connectivity index (χ3n) is 2.32. The minimum Gasteiger partial charge on any atom is -0.390 e.